The quantitative estimate of drug-likeness (QED) is 0.673. The zero-order valence-electron chi connectivity index (χ0n) is 6.22. The molecular weight excluding hydrogens is 183 g/mol. The van der Waals surface area contributed by atoms with Crippen LogP contribution >= 0.6 is 0 Å². The topological polar surface area (TPSA) is 33.0 Å². The van der Waals surface area contributed by atoms with Gasteiger partial charge in [-0.3, -0.25) is 0 Å². The molecule has 13 heavy (non-hydrogen) atoms. The van der Waals surface area contributed by atoms with E-state index >= 15 is 0 Å². The summed E-state index contributed by atoms with van der Waals surface area (Å²) in [6.07, 6.45) is -4.78. The van der Waals surface area contributed by atoms with Crippen LogP contribution in [0.4, 0.5) is 13.2 Å². The molecule has 0 saturated heterocycles. The Labute approximate surface area is 72.2 Å². The Morgan fingerprint density at radius 2 is 2.15 bits per heavy atom. The minimum absolute atomic E-state index is 0.170. The van der Waals surface area contributed by atoms with Crippen molar-refractivity contribution in [3.05, 3.63) is 29.8 Å². The second kappa shape index (κ2) is 3.35. The summed E-state index contributed by atoms with van der Waals surface area (Å²) < 4.78 is 38.7. The molecule has 0 bridgehead atoms. The Bertz CT molecular complexity index is 340. The molecule has 0 atom stereocenters. The van der Waals surface area contributed by atoms with Crippen LogP contribution in [0.15, 0.2) is 18.2 Å². The highest BCUT2D eigenvalue weighted by Gasteiger charge is 2.31. The lowest BCUT2D eigenvalue weighted by Gasteiger charge is -2.08. The summed E-state index contributed by atoms with van der Waals surface area (Å²) in [6, 6.07) is 7.45. The standard InChI is InChI=1S/C8H3F3NO/c9-8(10,11)13-7-4-2-1-3-6(7)5-12/h1,3-4H. The molecular formula is C8H3F3NO. The van der Waals surface area contributed by atoms with Crippen LogP contribution in [0, 0.1) is 17.4 Å². The number of ether oxygens (including phenoxy) is 1. The first-order chi connectivity index (χ1) is 6.03. The Balaban J connectivity index is 2.96. The SMILES string of the molecule is N#Cc1cc[c]cc1OC(F)(F)F. The van der Waals surface area contributed by atoms with Gasteiger partial charge < -0.3 is 4.74 Å². The number of nitrogens with zero attached hydrogens (tertiary/aromatic N) is 1. The van der Waals surface area contributed by atoms with E-state index in [9.17, 15) is 13.2 Å². The number of hydrogen-bond donors (Lipinski definition) is 0. The molecule has 0 heterocycles. The van der Waals surface area contributed by atoms with Crippen molar-refractivity contribution in [3.63, 3.8) is 0 Å². The first-order valence-electron chi connectivity index (χ1n) is 3.19. The molecule has 1 rings (SSSR count). The summed E-state index contributed by atoms with van der Waals surface area (Å²) in [7, 11) is 0. The molecule has 0 saturated carbocycles. The number of halogens is 3. The number of nitriles is 1. The first kappa shape index (κ1) is 9.39. The lowest BCUT2D eigenvalue weighted by atomic mass is 10.2. The Morgan fingerprint density at radius 1 is 1.46 bits per heavy atom. The van der Waals surface area contributed by atoms with Gasteiger partial charge in [-0.15, -0.1) is 13.2 Å². The zero-order chi connectivity index (χ0) is 9.90. The second-order valence-corrected chi connectivity index (χ2v) is 2.08. The fourth-order valence-electron chi connectivity index (χ4n) is 0.717. The van der Waals surface area contributed by atoms with Gasteiger partial charge in [0.25, 0.3) is 0 Å². The molecule has 2 nitrogen and oxygen atoms in total. The lowest BCUT2D eigenvalue weighted by Crippen LogP contribution is -2.17. The monoisotopic (exact) mass is 186 g/mol. The average molecular weight is 186 g/mol. The van der Waals surface area contributed by atoms with Crippen molar-refractivity contribution in [1.82, 2.24) is 0 Å². The number of alkyl halides is 3. The Hall–Kier alpha value is -1.70. The van der Waals surface area contributed by atoms with Crippen molar-refractivity contribution in [2.24, 2.45) is 0 Å². The van der Waals surface area contributed by atoms with Crippen LogP contribution < -0.4 is 4.74 Å². The number of rotatable bonds is 1. The number of hydrogen-bond acceptors (Lipinski definition) is 2. The van der Waals surface area contributed by atoms with E-state index in [0.29, 0.717) is 0 Å². The van der Waals surface area contributed by atoms with Crippen LogP contribution in [0.25, 0.3) is 0 Å². The van der Waals surface area contributed by atoms with Crippen molar-refractivity contribution < 1.29 is 17.9 Å². The van der Waals surface area contributed by atoms with Crippen LogP contribution in [-0.4, -0.2) is 6.36 Å². The van der Waals surface area contributed by atoms with Gasteiger partial charge in [-0.1, -0.05) is 6.07 Å². The van der Waals surface area contributed by atoms with Gasteiger partial charge in [-0.05, 0) is 18.2 Å². The van der Waals surface area contributed by atoms with Gasteiger partial charge in [0.15, 0.2) is 0 Å². The van der Waals surface area contributed by atoms with Gasteiger partial charge in [-0.2, -0.15) is 5.26 Å². The van der Waals surface area contributed by atoms with Crippen LogP contribution in [-0.2, 0) is 0 Å². The third-order valence-electron chi connectivity index (χ3n) is 1.17. The highest BCUT2D eigenvalue weighted by atomic mass is 19.4. The molecule has 0 amide bonds. The largest absolute Gasteiger partial charge is 0.573 e. The molecule has 0 aliphatic rings. The van der Waals surface area contributed by atoms with Gasteiger partial charge >= 0.3 is 6.36 Å². The van der Waals surface area contributed by atoms with Crippen molar-refractivity contribution in [1.29, 1.82) is 5.26 Å². The van der Waals surface area contributed by atoms with Crippen molar-refractivity contribution in [2.75, 3.05) is 0 Å². The molecule has 0 aliphatic carbocycles. The molecule has 67 valence electrons. The van der Waals surface area contributed by atoms with Crippen LogP contribution in [0.3, 0.4) is 0 Å². The van der Waals surface area contributed by atoms with Gasteiger partial charge in [0.1, 0.15) is 11.8 Å². The Kier molecular flexibility index (Phi) is 2.42. The van der Waals surface area contributed by atoms with Gasteiger partial charge in [-0.25, -0.2) is 0 Å². The average Bonchev–Trinajstić information content (AvgIpc) is 2.02. The molecule has 1 radical (unpaired) electrons. The number of benzene rings is 1. The second-order valence-electron chi connectivity index (χ2n) is 2.08. The maximum Gasteiger partial charge on any atom is 0.573 e. The van der Waals surface area contributed by atoms with Crippen molar-refractivity contribution in [2.45, 2.75) is 6.36 Å². The Morgan fingerprint density at radius 3 is 2.69 bits per heavy atom. The van der Waals surface area contributed by atoms with E-state index in [-0.39, 0.29) is 5.56 Å². The molecule has 0 unspecified atom stereocenters. The smallest absolute Gasteiger partial charge is 0.404 e. The normalized spacial score (nSPS) is 10.6. The third-order valence-corrected chi connectivity index (χ3v) is 1.17. The van der Waals surface area contributed by atoms with Gasteiger partial charge in [0.05, 0.1) is 5.56 Å². The lowest BCUT2D eigenvalue weighted by molar-refractivity contribution is -0.274. The van der Waals surface area contributed by atoms with Crippen molar-refractivity contribution >= 4 is 0 Å². The summed E-state index contributed by atoms with van der Waals surface area (Å²) in [5.41, 5.74) is -0.170. The molecule has 0 N–H and O–H groups in total. The molecule has 0 fully saturated rings. The molecule has 5 heteroatoms. The molecule has 1 aromatic rings. The molecule has 0 aliphatic heterocycles. The van der Waals surface area contributed by atoms with E-state index in [4.69, 9.17) is 5.26 Å². The van der Waals surface area contributed by atoms with Gasteiger partial charge in [0.2, 0.25) is 0 Å². The van der Waals surface area contributed by atoms with E-state index < -0.39 is 12.1 Å². The zero-order valence-corrected chi connectivity index (χ0v) is 6.22. The van der Waals surface area contributed by atoms with E-state index in [1.54, 1.807) is 6.07 Å². The van der Waals surface area contributed by atoms with Crippen molar-refractivity contribution in [3.8, 4) is 11.8 Å². The summed E-state index contributed by atoms with van der Waals surface area (Å²) in [5, 5.41) is 8.40. The van der Waals surface area contributed by atoms with Crippen LogP contribution in [0.5, 0.6) is 5.75 Å². The van der Waals surface area contributed by atoms with Gasteiger partial charge in [0, 0.05) is 0 Å². The molecule has 1 aromatic carbocycles. The third kappa shape index (κ3) is 2.67. The van der Waals surface area contributed by atoms with Crippen LogP contribution in [0.2, 0.25) is 0 Å². The molecule has 0 aromatic heterocycles. The molecule has 0 spiro atoms. The summed E-state index contributed by atoms with van der Waals surface area (Å²) in [4.78, 5) is 0. The highest BCUT2D eigenvalue weighted by Crippen LogP contribution is 2.25. The summed E-state index contributed by atoms with van der Waals surface area (Å²) in [6.45, 7) is 0. The maximum atomic E-state index is 11.7. The van der Waals surface area contributed by atoms with E-state index in [2.05, 4.69) is 10.8 Å². The minimum atomic E-state index is -4.78. The fourth-order valence-corrected chi connectivity index (χ4v) is 0.717. The minimum Gasteiger partial charge on any atom is -0.404 e. The van der Waals surface area contributed by atoms with E-state index in [1.165, 1.54) is 12.1 Å². The first-order valence-corrected chi connectivity index (χ1v) is 3.19. The fraction of sp³-hybridized carbons (Fsp3) is 0.125. The predicted molar refractivity (Wildman–Crippen MR) is 36.7 cm³/mol. The van der Waals surface area contributed by atoms with E-state index in [1.807, 2.05) is 0 Å². The summed E-state index contributed by atoms with van der Waals surface area (Å²) >= 11 is 0. The highest BCUT2D eigenvalue weighted by molar-refractivity contribution is 5.42. The van der Waals surface area contributed by atoms with Crippen LogP contribution in [0.1, 0.15) is 5.56 Å². The predicted octanol–water partition coefficient (Wildman–Crippen LogP) is 2.26. The maximum absolute atomic E-state index is 11.7. The van der Waals surface area contributed by atoms with E-state index in [0.717, 1.165) is 6.07 Å². The summed E-state index contributed by atoms with van der Waals surface area (Å²) in [5.74, 6) is -0.530.